The lowest BCUT2D eigenvalue weighted by Gasteiger charge is -2.27. The minimum atomic E-state index is -0.682. The first-order chi connectivity index (χ1) is 13.5. The maximum absolute atomic E-state index is 14.3. The van der Waals surface area contributed by atoms with Crippen molar-refractivity contribution in [2.24, 2.45) is 0 Å². The lowest BCUT2D eigenvalue weighted by atomic mass is 10.0. The zero-order valence-corrected chi connectivity index (χ0v) is 15.2. The Morgan fingerprint density at radius 3 is 2.93 bits per heavy atom. The summed E-state index contributed by atoms with van der Waals surface area (Å²) in [5, 5.41) is 14.3. The van der Waals surface area contributed by atoms with Crippen LogP contribution in [0.5, 0.6) is 0 Å². The molecule has 0 saturated carbocycles. The molecule has 6 nitrogen and oxygen atoms in total. The Labute approximate surface area is 160 Å². The predicted octanol–water partition coefficient (Wildman–Crippen LogP) is 3.10. The number of fused-ring (bicyclic) bond motifs is 1. The van der Waals surface area contributed by atoms with Crippen LogP contribution >= 0.6 is 0 Å². The number of esters is 1. The molecule has 1 aliphatic heterocycles. The van der Waals surface area contributed by atoms with E-state index in [-0.39, 0.29) is 25.1 Å². The molecule has 2 aromatic heterocycles. The van der Waals surface area contributed by atoms with E-state index < -0.39 is 29.7 Å². The number of ether oxygens (including phenoxy) is 1. The maximum Gasteiger partial charge on any atom is 0.341 e. The molecule has 1 unspecified atom stereocenters. The van der Waals surface area contributed by atoms with Gasteiger partial charge in [0.15, 0.2) is 0 Å². The topological polar surface area (TPSA) is 67.1 Å². The average molecular weight is 387 g/mol. The fraction of sp³-hybridized carbons (Fsp3) is 0.300. The largest absolute Gasteiger partial charge is 0.462 e. The van der Waals surface area contributed by atoms with E-state index >= 15 is 0 Å². The van der Waals surface area contributed by atoms with Gasteiger partial charge in [-0.3, -0.25) is 0 Å². The molecule has 0 bridgehead atoms. The number of aliphatic hydroxyl groups is 1. The maximum atomic E-state index is 14.3. The predicted molar refractivity (Wildman–Crippen MR) is 98.2 cm³/mol. The lowest BCUT2D eigenvalue weighted by molar-refractivity contribution is 0.0528. The quantitative estimate of drug-likeness (QED) is 0.697. The summed E-state index contributed by atoms with van der Waals surface area (Å²) in [6.07, 6.45) is 2.70. The van der Waals surface area contributed by atoms with Crippen molar-refractivity contribution in [1.82, 2.24) is 9.61 Å². The Morgan fingerprint density at radius 2 is 2.14 bits per heavy atom. The summed E-state index contributed by atoms with van der Waals surface area (Å²) >= 11 is 0. The van der Waals surface area contributed by atoms with E-state index in [1.54, 1.807) is 29.8 Å². The Balaban J connectivity index is 1.76. The van der Waals surface area contributed by atoms with Gasteiger partial charge in [0.25, 0.3) is 0 Å². The van der Waals surface area contributed by atoms with Gasteiger partial charge in [-0.2, -0.15) is 5.10 Å². The third kappa shape index (κ3) is 3.20. The minimum absolute atomic E-state index is 0.190. The molecule has 1 saturated heterocycles. The van der Waals surface area contributed by atoms with Crippen molar-refractivity contribution in [2.75, 3.05) is 18.1 Å². The third-order valence-corrected chi connectivity index (χ3v) is 4.93. The summed E-state index contributed by atoms with van der Waals surface area (Å²) in [5.74, 6) is -1.54. The van der Waals surface area contributed by atoms with Crippen LogP contribution in [0.15, 0.2) is 42.7 Å². The molecule has 1 N–H and O–H groups in total. The molecule has 0 radical (unpaired) electrons. The highest BCUT2D eigenvalue weighted by Gasteiger charge is 2.34. The van der Waals surface area contributed by atoms with Gasteiger partial charge in [-0.1, -0.05) is 0 Å². The summed E-state index contributed by atoms with van der Waals surface area (Å²) in [6.45, 7) is 2.23. The van der Waals surface area contributed by atoms with Crippen LogP contribution in [-0.4, -0.2) is 39.9 Å². The van der Waals surface area contributed by atoms with E-state index in [0.29, 0.717) is 16.8 Å². The number of benzene rings is 1. The number of pyridine rings is 1. The van der Waals surface area contributed by atoms with Gasteiger partial charge in [0, 0.05) is 24.0 Å². The van der Waals surface area contributed by atoms with Gasteiger partial charge in [-0.25, -0.2) is 18.1 Å². The van der Waals surface area contributed by atoms with Crippen LogP contribution in [0.4, 0.5) is 14.5 Å². The van der Waals surface area contributed by atoms with Crippen LogP contribution in [0, 0.1) is 11.6 Å². The van der Waals surface area contributed by atoms with Crippen molar-refractivity contribution in [3.8, 4) is 0 Å². The van der Waals surface area contributed by atoms with Gasteiger partial charge < -0.3 is 14.7 Å². The summed E-state index contributed by atoms with van der Waals surface area (Å²) in [7, 11) is 0. The van der Waals surface area contributed by atoms with Crippen LogP contribution < -0.4 is 4.90 Å². The zero-order chi connectivity index (χ0) is 19.8. The van der Waals surface area contributed by atoms with Crippen molar-refractivity contribution in [3.05, 3.63) is 65.5 Å². The molecule has 4 rings (SSSR count). The molecular weight excluding hydrogens is 368 g/mol. The average Bonchev–Trinajstić information content (AvgIpc) is 3.26. The summed E-state index contributed by atoms with van der Waals surface area (Å²) in [5.41, 5.74) is 1.71. The molecule has 28 heavy (non-hydrogen) atoms. The molecule has 1 aliphatic rings. The van der Waals surface area contributed by atoms with Gasteiger partial charge in [0.1, 0.15) is 17.2 Å². The Kier molecular flexibility index (Phi) is 4.72. The fourth-order valence-corrected chi connectivity index (χ4v) is 3.68. The van der Waals surface area contributed by atoms with Crippen molar-refractivity contribution in [2.45, 2.75) is 25.5 Å². The van der Waals surface area contributed by atoms with Crippen molar-refractivity contribution in [1.29, 1.82) is 0 Å². The second kappa shape index (κ2) is 7.20. The van der Waals surface area contributed by atoms with Gasteiger partial charge in [0.2, 0.25) is 0 Å². The van der Waals surface area contributed by atoms with E-state index in [9.17, 15) is 18.7 Å². The molecule has 0 aliphatic carbocycles. The van der Waals surface area contributed by atoms with E-state index in [2.05, 4.69) is 5.10 Å². The highest BCUT2D eigenvalue weighted by atomic mass is 19.1. The summed E-state index contributed by atoms with van der Waals surface area (Å²) in [4.78, 5) is 14.0. The number of halogens is 2. The highest BCUT2D eigenvalue weighted by molar-refractivity contribution is 5.97. The molecule has 8 heteroatoms. The van der Waals surface area contributed by atoms with E-state index in [4.69, 9.17) is 4.74 Å². The van der Waals surface area contributed by atoms with Crippen LogP contribution in [0.1, 0.15) is 35.3 Å². The number of hydrogen-bond donors (Lipinski definition) is 1. The van der Waals surface area contributed by atoms with Crippen LogP contribution in [0.25, 0.3) is 5.52 Å². The van der Waals surface area contributed by atoms with E-state index in [1.165, 1.54) is 6.20 Å². The molecular formula is C20H19F2N3O3. The summed E-state index contributed by atoms with van der Waals surface area (Å²) in [6, 6.07) is 6.29. The smallest absolute Gasteiger partial charge is 0.341 e. The highest BCUT2D eigenvalue weighted by Crippen LogP contribution is 2.38. The molecule has 3 heterocycles. The number of rotatable bonds is 4. The zero-order valence-electron chi connectivity index (χ0n) is 15.2. The molecule has 0 spiro atoms. The number of carbonyl (C=O) groups is 1. The standard InChI is InChI=1S/C20H19F2N3O3/c1-2-28-20(27)16-10-23-25-6-5-13(8-19(16)25)24-11-14(26)9-18(24)15-7-12(21)3-4-17(15)22/h3-8,10,14,18,26H,2,9,11H2,1H3/t14-,18?/m1/s1. The minimum Gasteiger partial charge on any atom is -0.462 e. The number of hydrogen-bond acceptors (Lipinski definition) is 5. The van der Waals surface area contributed by atoms with Crippen molar-refractivity contribution in [3.63, 3.8) is 0 Å². The molecule has 146 valence electrons. The summed E-state index contributed by atoms with van der Waals surface area (Å²) < 4.78 is 34.6. The van der Waals surface area contributed by atoms with Crippen LogP contribution in [0.2, 0.25) is 0 Å². The van der Waals surface area contributed by atoms with Crippen molar-refractivity contribution < 1.29 is 23.4 Å². The molecule has 1 fully saturated rings. The van der Waals surface area contributed by atoms with Crippen LogP contribution in [0.3, 0.4) is 0 Å². The normalized spacial score (nSPS) is 19.4. The third-order valence-electron chi connectivity index (χ3n) is 4.93. The van der Waals surface area contributed by atoms with Gasteiger partial charge in [-0.15, -0.1) is 0 Å². The molecule has 1 aromatic carbocycles. The first-order valence-corrected chi connectivity index (χ1v) is 9.02. The SMILES string of the molecule is CCOC(=O)c1cnn2ccc(N3C[C@H](O)CC3c3cc(F)ccc3F)cc12. The number of carbonyl (C=O) groups excluding carboxylic acids is 1. The molecule has 3 aromatic rings. The van der Waals surface area contributed by atoms with Gasteiger partial charge in [0.05, 0.1) is 30.5 Å². The van der Waals surface area contributed by atoms with Gasteiger partial charge >= 0.3 is 5.97 Å². The Morgan fingerprint density at radius 1 is 1.32 bits per heavy atom. The van der Waals surface area contributed by atoms with Crippen molar-refractivity contribution >= 4 is 17.2 Å². The number of β-amino-alcohol motifs (C(OH)–C–C–N with tert-alkyl or cyclic N) is 1. The van der Waals surface area contributed by atoms with E-state index in [0.717, 1.165) is 18.2 Å². The van der Waals surface area contributed by atoms with Gasteiger partial charge in [-0.05, 0) is 43.7 Å². The first kappa shape index (κ1) is 18.4. The number of aliphatic hydroxyl groups excluding tert-OH is 1. The molecule has 0 amide bonds. The lowest BCUT2D eigenvalue weighted by Crippen LogP contribution is -2.25. The number of anilines is 1. The molecule has 2 atom stereocenters. The second-order valence-corrected chi connectivity index (χ2v) is 6.72. The monoisotopic (exact) mass is 387 g/mol. The Hall–Kier alpha value is -3.00. The second-order valence-electron chi connectivity index (χ2n) is 6.72. The Bertz CT molecular complexity index is 1040. The first-order valence-electron chi connectivity index (χ1n) is 9.02. The number of aromatic nitrogens is 2. The fourth-order valence-electron chi connectivity index (χ4n) is 3.68. The number of nitrogens with zero attached hydrogens (tertiary/aromatic N) is 3. The van der Waals surface area contributed by atoms with Crippen LogP contribution in [-0.2, 0) is 4.74 Å². The van der Waals surface area contributed by atoms with E-state index in [1.807, 2.05) is 4.90 Å².